The van der Waals surface area contributed by atoms with E-state index in [0.29, 0.717) is 13.8 Å². The normalized spacial score (nSPS) is 18.7. The number of rotatable bonds is 8. The van der Waals surface area contributed by atoms with Crippen LogP contribution in [0.25, 0.3) is 0 Å². The highest BCUT2D eigenvalue weighted by molar-refractivity contribution is 5.79. The van der Waals surface area contributed by atoms with Gasteiger partial charge in [-0.1, -0.05) is 0 Å². The molecule has 2 atom stereocenters. The quantitative estimate of drug-likeness (QED) is 0.289. The molecule has 0 aromatic carbocycles. The van der Waals surface area contributed by atoms with Crippen LogP contribution in [0.15, 0.2) is 0 Å². The summed E-state index contributed by atoms with van der Waals surface area (Å²) >= 11 is 0. The second kappa shape index (κ2) is 8.45. The van der Waals surface area contributed by atoms with Crippen molar-refractivity contribution in [3.8, 4) is 0 Å². The van der Waals surface area contributed by atoms with Crippen molar-refractivity contribution >= 4 is 5.97 Å². The number of carbonyl (C=O) groups is 1. The third-order valence-corrected chi connectivity index (χ3v) is 2.97. The Kier molecular flexibility index (Phi) is 7.99. The van der Waals surface area contributed by atoms with Gasteiger partial charge in [-0.15, -0.1) is 0 Å². The third-order valence-electron chi connectivity index (χ3n) is 2.97. The molecule has 0 aliphatic heterocycles. The monoisotopic (exact) mass is 538 g/mol. The summed E-state index contributed by atoms with van der Waals surface area (Å²) in [4.78, 5) is 11.1. The first-order valence-corrected chi connectivity index (χ1v) is 7.33. The molecule has 0 spiro atoms. The zero-order chi connectivity index (χ0) is 27.3. The van der Waals surface area contributed by atoms with E-state index in [0.717, 1.165) is 0 Å². The number of carbonyl (C=O) groups excluding carboxylic acids is 1. The average Bonchev–Trinajstić information content (AvgIpc) is 2.49. The molecule has 4 nitrogen and oxygen atoms in total. The van der Waals surface area contributed by atoms with Crippen LogP contribution in [0.3, 0.4) is 0 Å². The lowest BCUT2D eigenvalue weighted by Gasteiger charge is -2.40. The Labute approximate surface area is 169 Å². The van der Waals surface area contributed by atoms with Gasteiger partial charge in [-0.3, -0.25) is 9.47 Å². The van der Waals surface area contributed by atoms with Crippen molar-refractivity contribution in [2.45, 2.75) is 68.3 Å². The minimum absolute atomic E-state index is 0.602. The Morgan fingerprint density at radius 3 is 1.24 bits per heavy atom. The van der Waals surface area contributed by atoms with Crippen molar-refractivity contribution < 1.29 is 93.6 Å². The largest absolute Gasteiger partial charge is 0.462 e. The number of alkyl halides is 17. The first kappa shape index (κ1) is 31.2. The molecule has 0 bridgehead atoms. The molecule has 0 radical (unpaired) electrons. The second-order valence-corrected chi connectivity index (χ2v) is 5.95. The van der Waals surface area contributed by atoms with Crippen LogP contribution in [0.2, 0.25) is 0 Å². The van der Waals surface area contributed by atoms with Crippen molar-refractivity contribution in [2.24, 2.45) is 0 Å². The fraction of sp³-hybridized carbons (Fsp3) is 0.917. The zero-order valence-electron chi connectivity index (χ0n) is 15.1. The van der Waals surface area contributed by atoms with E-state index in [1.807, 2.05) is 4.74 Å². The van der Waals surface area contributed by atoms with Gasteiger partial charge in [0.15, 0.2) is 0 Å². The van der Waals surface area contributed by atoms with Gasteiger partial charge in [0.05, 0.1) is 6.10 Å². The van der Waals surface area contributed by atoms with Crippen molar-refractivity contribution in [3.63, 3.8) is 0 Å². The van der Waals surface area contributed by atoms with Crippen LogP contribution >= 0.6 is 0 Å². The van der Waals surface area contributed by atoms with Gasteiger partial charge in [0, 0.05) is 0 Å². The summed E-state index contributed by atoms with van der Waals surface area (Å²) in [5.41, 5.74) is 0. The maximum Gasteiger partial charge on any atom is 0.462 e. The molecule has 0 saturated heterocycles. The zero-order valence-corrected chi connectivity index (χ0v) is 15.1. The van der Waals surface area contributed by atoms with Gasteiger partial charge in [-0.25, -0.2) is 4.79 Å². The maximum atomic E-state index is 13.9. The molecule has 0 N–H and O–H groups in total. The molecule has 33 heavy (non-hydrogen) atoms. The van der Waals surface area contributed by atoms with Crippen molar-refractivity contribution in [1.29, 1.82) is 0 Å². The standard InChI is InChI=1S/C12H7F17O4/c1-3(2)31-4(30)5(13,8(17,18)19)32-12(28,29)7(16,10(23,24)25)33-11(26,27)6(14,15)9(20,21)22/h3H,1-2H3/t5-,7+/m1/s1. The van der Waals surface area contributed by atoms with E-state index >= 15 is 0 Å². The highest BCUT2D eigenvalue weighted by atomic mass is 19.4. The van der Waals surface area contributed by atoms with Gasteiger partial charge in [0.25, 0.3) is 0 Å². The van der Waals surface area contributed by atoms with Gasteiger partial charge in [-0.05, 0) is 13.8 Å². The summed E-state index contributed by atoms with van der Waals surface area (Å²) in [6.45, 7) is 1.20. The number of hydrogen-bond acceptors (Lipinski definition) is 4. The Hall–Kier alpha value is -1.80. The molecule has 0 aliphatic carbocycles. The van der Waals surface area contributed by atoms with Crippen LogP contribution in [-0.2, 0) is 19.0 Å². The summed E-state index contributed by atoms with van der Waals surface area (Å²) < 4.78 is 225. The van der Waals surface area contributed by atoms with E-state index in [2.05, 4.69) is 4.74 Å². The van der Waals surface area contributed by atoms with E-state index < -0.39 is 60.5 Å². The lowest BCUT2D eigenvalue weighted by atomic mass is 10.2. The SMILES string of the molecule is CC(C)OC(=O)[C@@](F)(OC(F)(F)[C@@](F)(OC(F)(F)C(F)(F)C(F)(F)F)C(F)(F)F)C(F)(F)F. The first-order chi connectivity index (χ1) is 14.0. The Balaban J connectivity index is 6.73. The van der Waals surface area contributed by atoms with Gasteiger partial charge < -0.3 is 4.74 Å². The number of ether oxygens (including phenoxy) is 3. The second-order valence-electron chi connectivity index (χ2n) is 5.95. The molecule has 0 amide bonds. The molecule has 0 aromatic rings. The van der Waals surface area contributed by atoms with Crippen LogP contribution in [0.4, 0.5) is 74.6 Å². The molecule has 0 rings (SSSR count). The molecule has 21 heteroatoms. The summed E-state index contributed by atoms with van der Waals surface area (Å²) in [6.07, 6.45) is -40.4. The van der Waals surface area contributed by atoms with E-state index in [9.17, 15) is 79.4 Å². The van der Waals surface area contributed by atoms with E-state index in [1.165, 1.54) is 4.74 Å². The summed E-state index contributed by atoms with van der Waals surface area (Å²) in [6, 6.07) is 0. The van der Waals surface area contributed by atoms with Gasteiger partial charge in [0.1, 0.15) is 0 Å². The van der Waals surface area contributed by atoms with Gasteiger partial charge in [0.2, 0.25) is 0 Å². The highest BCUT2D eigenvalue weighted by Crippen LogP contribution is 2.56. The summed E-state index contributed by atoms with van der Waals surface area (Å²) in [5.74, 6) is -26.4. The molecule has 0 saturated carbocycles. The van der Waals surface area contributed by atoms with E-state index in [-0.39, 0.29) is 0 Å². The predicted molar refractivity (Wildman–Crippen MR) is 64.1 cm³/mol. The smallest absolute Gasteiger partial charge is 0.458 e. The number of hydrogen-bond donors (Lipinski definition) is 0. The highest BCUT2D eigenvalue weighted by Gasteiger charge is 2.85. The summed E-state index contributed by atoms with van der Waals surface area (Å²) in [7, 11) is 0. The first-order valence-electron chi connectivity index (χ1n) is 7.33. The average molecular weight is 538 g/mol. The van der Waals surface area contributed by atoms with Gasteiger partial charge in [-0.2, -0.15) is 74.6 Å². The molecular weight excluding hydrogens is 531 g/mol. The predicted octanol–water partition coefficient (Wildman–Crippen LogP) is 5.81. The molecule has 0 aliphatic rings. The fourth-order valence-corrected chi connectivity index (χ4v) is 1.44. The van der Waals surface area contributed by atoms with Crippen LogP contribution in [-0.4, -0.2) is 60.5 Å². The Morgan fingerprint density at radius 1 is 0.576 bits per heavy atom. The Morgan fingerprint density at radius 2 is 0.970 bits per heavy atom. The molecule has 0 aromatic heterocycles. The minimum atomic E-state index is -8.04. The number of esters is 1. The van der Waals surface area contributed by atoms with Crippen LogP contribution in [0, 0.1) is 0 Å². The molecule has 198 valence electrons. The maximum absolute atomic E-state index is 13.9. The molecule has 0 unspecified atom stereocenters. The summed E-state index contributed by atoms with van der Waals surface area (Å²) in [5, 5.41) is 0. The van der Waals surface area contributed by atoms with E-state index in [1.54, 1.807) is 0 Å². The minimum Gasteiger partial charge on any atom is -0.458 e. The number of halogens is 17. The van der Waals surface area contributed by atoms with Crippen molar-refractivity contribution in [2.75, 3.05) is 0 Å². The molecule has 0 fully saturated rings. The Bertz CT molecular complexity index is 708. The van der Waals surface area contributed by atoms with E-state index in [4.69, 9.17) is 0 Å². The third kappa shape index (κ3) is 5.65. The van der Waals surface area contributed by atoms with Crippen molar-refractivity contribution in [1.82, 2.24) is 0 Å². The van der Waals surface area contributed by atoms with Crippen molar-refractivity contribution in [3.05, 3.63) is 0 Å². The lowest BCUT2D eigenvalue weighted by molar-refractivity contribution is -0.548. The van der Waals surface area contributed by atoms with Crippen LogP contribution in [0.1, 0.15) is 13.8 Å². The van der Waals surface area contributed by atoms with Crippen LogP contribution < -0.4 is 0 Å². The molecule has 0 heterocycles. The van der Waals surface area contributed by atoms with Gasteiger partial charge >= 0.3 is 54.3 Å². The lowest BCUT2D eigenvalue weighted by Crippen LogP contribution is -2.68. The van der Waals surface area contributed by atoms with Crippen LogP contribution in [0.5, 0.6) is 0 Å². The molecular formula is C12H7F17O4. The topological polar surface area (TPSA) is 44.8 Å². The fourth-order valence-electron chi connectivity index (χ4n) is 1.44.